The van der Waals surface area contributed by atoms with Gasteiger partial charge in [0.25, 0.3) is 0 Å². The zero-order chi connectivity index (χ0) is 14.2. The lowest BCUT2D eigenvalue weighted by Crippen LogP contribution is -2.43. The van der Waals surface area contributed by atoms with E-state index in [0.717, 1.165) is 19.4 Å². The molecular formula is C14H18F2N2S. The lowest BCUT2D eigenvalue weighted by Gasteiger charge is -2.39. The molecule has 0 aromatic heterocycles. The summed E-state index contributed by atoms with van der Waals surface area (Å²) >= 11 is 4.71. The van der Waals surface area contributed by atoms with Crippen molar-refractivity contribution in [1.29, 1.82) is 0 Å². The number of hydrogen-bond donors (Lipinski definition) is 1. The third kappa shape index (κ3) is 2.56. The summed E-state index contributed by atoms with van der Waals surface area (Å²) in [5, 5.41) is 0. The number of nitrogens with zero attached hydrogens (tertiary/aromatic N) is 1. The van der Waals surface area contributed by atoms with Crippen LogP contribution in [0.3, 0.4) is 0 Å². The Morgan fingerprint density at radius 2 is 2.00 bits per heavy atom. The van der Waals surface area contributed by atoms with Crippen LogP contribution in [0.25, 0.3) is 0 Å². The van der Waals surface area contributed by atoms with Crippen molar-refractivity contribution < 1.29 is 8.78 Å². The largest absolute Gasteiger partial charge is 0.389 e. The van der Waals surface area contributed by atoms with E-state index in [1.807, 2.05) is 11.8 Å². The molecule has 1 saturated heterocycles. The highest BCUT2D eigenvalue weighted by Gasteiger charge is 2.28. The zero-order valence-corrected chi connectivity index (χ0v) is 11.9. The summed E-state index contributed by atoms with van der Waals surface area (Å²) in [6.45, 7) is 4.92. The summed E-state index contributed by atoms with van der Waals surface area (Å²) in [4.78, 5) is 1.80. The smallest absolute Gasteiger partial charge is 0.182 e. The van der Waals surface area contributed by atoms with Crippen LogP contribution in [0.1, 0.15) is 32.3 Å². The van der Waals surface area contributed by atoms with Crippen LogP contribution in [-0.4, -0.2) is 17.6 Å². The van der Waals surface area contributed by atoms with Gasteiger partial charge in [0.15, 0.2) is 11.6 Å². The quantitative estimate of drug-likeness (QED) is 0.846. The average Bonchev–Trinajstić information content (AvgIpc) is 2.36. The van der Waals surface area contributed by atoms with E-state index in [-0.39, 0.29) is 16.6 Å². The van der Waals surface area contributed by atoms with Gasteiger partial charge < -0.3 is 10.6 Å². The van der Waals surface area contributed by atoms with Gasteiger partial charge in [-0.1, -0.05) is 19.1 Å². The molecule has 104 valence electrons. The molecule has 5 heteroatoms. The number of hydrogen-bond acceptors (Lipinski definition) is 2. The fourth-order valence-electron chi connectivity index (χ4n) is 2.63. The number of thiocarbonyl (C=S) groups is 1. The summed E-state index contributed by atoms with van der Waals surface area (Å²) in [5.74, 6) is -1.34. The topological polar surface area (TPSA) is 29.3 Å². The zero-order valence-electron chi connectivity index (χ0n) is 11.1. The van der Waals surface area contributed by atoms with Crippen LogP contribution in [0, 0.1) is 17.6 Å². The second-order valence-corrected chi connectivity index (χ2v) is 5.62. The van der Waals surface area contributed by atoms with Crippen LogP contribution < -0.4 is 10.6 Å². The number of nitrogens with two attached hydrogens (primary N) is 1. The van der Waals surface area contributed by atoms with Crippen molar-refractivity contribution in [2.75, 3.05) is 11.4 Å². The van der Waals surface area contributed by atoms with Crippen molar-refractivity contribution in [3.8, 4) is 0 Å². The molecule has 0 bridgehead atoms. The van der Waals surface area contributed by atoms with Gasteiger partial charge in [-0.05, 0) is 37.8 Å². The van der Waals surface area contributed by atoms with Crippen LogP contribution in [0.2, 0.25) is 0 Å². The Kier molecular flexibility index (Phi) is 4.04. The van der Waals surface area contributed by atoms with E-state index in [1.165, 1.54) is 6.07 Å². The molecule has 0 radical (unpaired) electrons. The third-order valence-corrected chi connectivity index (χ3v) is 4.23. The summed E-state index contributed by atoms with van der Waals surface area (Å²) in [5.41, 5.74) is 5.64. The van der Waals surface area contributed by atoms with Crippen LogP contribution >= 0.6 is 12.2 Å². The molecule has 2 rings (SSSR count). The number of rotatable bonds is 2. The van der Waals surface area contributed by atoms with Crippen LogP contribution in [0.5, 0.6) is 0 Å². The monoisotopic (exact) mass is 284 g/mol. The van der Waals surface area contributed by atoms with Gasteiger partial charge in [0.1, 0.15) is 4.99 Å². The van der Waals surface area contributed by atoms with E-state index >= 15 is 0 Å². The Morgan fingerprint density at radius 3 is 2.63 bits per heavy atom. The number of halogens is 2. The molecular weight excluding hydrogens is 266 g/mol. The SMILES string of the molecule is CC1CCCN(c2ccc(C(N)=S)c(F)c2F)C1C. The molecule has 2 N–H and O–H groups in total. The second-order valence-electron chi connectivity index (χ2n) is 5.18. The first kappa shape index (κ1) is 14.2. The normalized spacial score (nSPS) is 23.5. The molecule has 1 aliphatic heterocycles. The van der Waals surface area contributed by atoms with Gasteiger partial charge in [-0.3, -0.25) is 0 Å². The maximum atomic E-state index is 14.2. The van der Waals surface area contributed by atoms with Crippen molar-refractivity contribution in [2.45, 2.75) is 32.7 Å². The molecule has 1 fully saturated rings. The standard InChI is InChI=1S/C14H18F2N2S/c1-8-4-3-7-18(9(8)2)11-6-5-10(14(17)19)12(15)13(11)16/h5-6,8-9H,3-4,7H2,1-2H3,(H2,17,19). The van der Waals surface area contributed by atoms with Gasteiger partial charge >= 0.3 is 0 Å². The molecule has 1 aliphatic rings. The minimum atomic E-state index is -0.949. The molecule has 19 heavy (non-hydrogen) atoms. The van der Waals surface area contributed by atoms with Gasteiger partial charge in [-0.25, -0.2) is 8.78 Å². The van der Waals surface area contributed by atoms with Crippen LogP contribution in [-0.2, 0) is 0 Å². The van der Waals surface area contributed by atoms with Crippen molar-refractivity contribution in [3.63, 3.8) is 0 Å². The molecule has 1 aromatic rings. The van der Waals surface area contributed by atoms with Crippen molar-refractivity contribution in [3.05, 3.63) is 29.3 Å². The summed E-state index contributed by atoms with van der Waals surface area (Å²) in [6, 6.07) is 3.22. The van der Waals surface area contributed by atoms with E-state index in [1.54, 1.807) is 6.07 Å². The average molecular weight is 284 g/mol. The third-order valence-electron chi connectivity index (χ3n) is 4.01. The van der Waals surface area contributed by atoms with E-state index in [9.17, 15) is 8.78 Å². The van der Waals surface area contributed by atoms with E-state index < -0.39 is 11.6 Å². The molecule has 1 heterocycles. The first-order valence-corrected chi connectivity index (χ1v) is 6.88. The first-order valence-electron chi connectivity index (χ1n) is 6.48. The summed E-state index contributed by atoms with van der Waals surface area (Å²) in [7, 11) is 0. The van der Waals surface area contributed by atoms with E-state index in [4.69, 9.17) is 18.0 Å². The first-order chi connectivity index (χ1) is 8.93. The lowest BCUT2D eigenvalue weighted by atomic mass is 9.91. The molecule has 0 aliphatic carbocycles. The summed E-state index contributed by atoms with van der Waals surface area (Å²) < 4.78 is 28.1. The van der Waals surface area contributed by atoms with Gasteiger partial charge in [0.2, 0.25) is 0 Å². The Labute approximate surface area is 117 Å². The Bertz CT molecular complexity index is 504. The molecule has 1 aromatic carbocycles. The van der Waals surface area contributed by atoms with Crippen molar-refractivity contribution in [2.24, 2.45) is 11.7 Å². The molecule has 0 saturated carbocycles. The highest BCUT2D eigenvalue weighted by Crippen LogP contribution is 2.31. The van der Waals surface area contributed by atoms with Gasteiger partial charge in [0, 0.05) is 18.2 Å². The molecule has 2 unspecified atom stereocenters. The number of piperidine rings is 1. The molecule has 2 atom stereocenters. The highest BCUT2D eigenvalue weighted by atomic mass is 32.1. The van der Waals surface area contributed by atoms with Crippen LogP contribution in [0.4, 0.5) is 14.5 Å². The summed E-state index contributed by atoms with van der Waals surface area (Å²) in [6.07, 6.45) is 2.11. The van der Waals surface area contributed by atoms with E-state index in [2.05, 4.69) is 6.92 Å². The minimum Gasteiger partial charge on any atom is -0.389 e. The second kappa shape index (κ2) is 5.41. The minimum absolute atomic E-state index is 0.0334. The lowest BCUT2D eigenvalue weighted by molar-refractivity contribution is 0.358. The predicted molar refractivity (Wildman–Crippen MR) is 77.5 cm³/mol. The Hall–Kier alpha value is -1.23. The fourth-order valence-corrected chi connectivity index (χ4v) is 2.78. The van der Waals surface area contributed by atoms with Gasteiger partial charge in [-0.15, -0.1) is 0 Å². The van der Waals surface area contributed by atoms with Gasteiger partial charge in [-0.2, -0.15) is 0 Å². The van der Waals surface area contributed by atoms with Crippen LogP contribution in [0.15, 0.2) is 12.1 Å². The van der Waals surface area contributed by atoms with E-state index in [0.29, 0.717) is 11.6 Å². The Morgan fingerprint density at radius 1 is 1.32 bits per heavy atom. The number of anilines is 1. The highest BCUT2D eigenvalue weighted by molar-refractivity contribution is 7.80. The van der Waals surface area contributed by atoms with Crippen molar-refractivity contribution in [1.82, 2.24) is 0 Å². The fraction of sp³-hybridized carbons (Fsp3) is 0.500. The molecule has 0 spiro atoms. The predicted octanol–water partition coefficient (Wildman–Crippen LogP) is 3.22. The molecule has 2 nitrogen and oxygen atoms in total. The number of benzene rings is 1. The maximum Gasteiger partial charge on any atom is 0.182 e. The van der Waals surface area contributed by atoms with Crippen molar-refractivity contribution >= 4 is 22.9 Å². The molecule has 0 amide bonds. The van der Waals surface area contributed by atoms with Gasteiger partial charge in [0.05, 0.1) is 5.69 Å². The maximum absolute atomic E-state index is 14.2. The Balaban J connectivity index is 2.40.